The summed E-state index contributed by atoms with van der Waals surface area (Å²) >= 11 is 0. The summed E-state index contributed by atoms with van der Waals surface area (Å²) in [5, 5.41) is 30.7. The largest absolute Gasteiger partial charge is 3.00 e. The molecule has 0 aliphatic rings. The Bertz CT molecular complexity index is 731. The normalized spacial score (nSPS) is 10.0. The number of unbranched alkanes of at least 4 members (excludes halogenated alkanes) is 42. The summed E-state index contributed by atoms with van der Waals surface area (Å²) in [7, 11) is 0. The second kappa shape index (κ2) is 77.5. The third kappa shape index (κ3) is 94.0. The van der Waals surface area contributed by atoms with Crippen LogP contribution in [-0.2, 0) is 48.5 Å². The van der Waals surface area contributed by atoms with Crippen LogP contribution in [0.25, 0.3) is 0 Å². The molecule has 0 amide bonds. The van der Waals surface area contributed by atoms with Gasteiger partial charge in [0.25, 0.3) is 0 Å². The van der Waals surface area contributed by atoms with Gasteiger partial charge in [0.1, 0.15) is 0 Å². The van der Waals surface area contributed by atoms with Gasteiger partial charge in [-0.1, -0.05) is 290 Å². The summed E-state index contributed by atoms with van der Waals surface area (Å²) in [6, 6.07) is 0. The minimum Gasteiger partial charge on any atom is -0.870 e. The summed E-state index contributed by atoms with van der Waals surface area (Å²) in [6.07, 6.45) is 59.6. The molecule has 0 rings (SSSR count). The Morgan fingerprint density at radius 2 is 0.308 bits per heavy atom. The Balaban J connectivity index is -0.000000120. The van der Waals surface area contributed by atoms with Gasteiger partial charge in [0.15, 0.2) is 0 Å². The third-order valence-corrected chi connectivity index (χ3v) is 12.0. The van der Waals surface area contributed by atoms with Crippen LogP contribution in [0.5, 0.6) is 0 Å². The van der Waals surface area contributed by atoms with Gasteiger partial charge in [-0.3, -0.25) is 0 Å². The van der Waals surface area contributed by atoms with E-state index in [-0.39, 0.29) is 69.8 Å². The molecule has 0 unspecified atom stereocenters. The molecule has 0 aromatic carbocycles. The average Bonchev–Trinajstić information content (AvgIpc) is 3.22. The molecule has 0 bridgehead atoms. The molecular weight excluding hydrogens is 904 g/mol. The van der Waals surface area contributed by atoms with Gasteiger partial charge in [-0.15, -0.1) is 0 Å². The SMILES string of the molecule is CCCCCCCCCCCCCCCCCC(=O)[O-].CCCCCCCCCCCCCCCCCC(=O)[O-].CCCCCCCCCCCCCCCCCC(=O)[O-].[Fe+3].[Fe+3].[OH-].[OH-].[OH-]. The second-order valence-corrected chi connectivity index (χ2v) is 18.2. The maximum Gasteiger partial charge on any atom is 3.00 e. The topological polar surface area (TPSA) is 210 Å². The number of hydrogen-bond donors (Lipinski definition) is 0. The first kappa shape index (κ1) is 81.3. The molecule has 0 aromatic rings. The van der Waals surface area contributed by atoms with Crippen molar-refractivity contribution in [2.45, 2.75) is 329 Å². The molecule has 2 radical (unpaired) electrons. The summed E-state index contributed by atoms with van der Waals surface area (Å²) in [5.41, 5.74) is 0. The van der Waals surface area contributed by atoms with Crippen LogP contribution in [0.4, 0.5) is 0 Å². The fourth-order valence-corrected chi connectivity index (χ4v) is 7.92. The molecule has 0 fully saturated rings. The maximum atomic E-state index is 10.2. The van der Waals surface area contributed by atoms with Crippen LogP contribution in [-0.4, -0.2) is 34.3 Å². The predicted molar refractivity (Wildman–Crippen MR) is 259 cm³/mol. The van der Waals surface area contributed by atoms with Crippen molar-refractivity contribution in [3.8, 4) is 0 Å². The van der Waals surface area contributed by atoms with E-state index in [2.05, 4.69) is 20.8 Å². The standard InChI is InChI=1S/3C18H36O2.2Fe.3H2O/c3*1-2-3-4-5-6-7-8-9-10-11-12-13-14-15-16-17-18(19)20;;;;;/h3*2-17H2,1H3,(H,19,20);;;3*1H2/q;;;2*+3;;;/p-6. The predicted octanol–water partition coefficient (Wildman–Crippen LogP) is 14.5. The molecular formula is C54H108Fe2O9. The zero-order valence-corrected chi connectivity index (χ0v) is 45.1. The molecule has 3 N–H and O–H groups in total. The molecule has 0 aliphatic heterocycles. The van der Waals surface area contributed by atoms with Crippen molar-refractivity contribution in [3.63, 3.8) is 0 Å². The summed E-state index contributed by atoms with van der Waals surface area (Å²) in [4.78, 5) is 30.7. The number of carbonyl (C=O) groups is 3. The Kier molecular flexibility index (Phi) is 97.0. The van der Waals surface area contributed by atoms with Gasteiger partial charge in [0.2, 0.25) is 0 Å². The number of rotatable bonds is 48. The minimum atomic E-state index is -0.903. The van der Waals surface area contributed by atoms with Gasteiger partial charge >= 0.3 is 34.1 Å². The van der Waals surface area contributed by atoms with Crippen LogP contribution < -0.4 is 15.3 Å². The third-order valence-electron chi connectivity index (χ3n) is 12.0. The molecule has 0 heterocycles. The van der Waals surface area contributed by atoms with E-state index in [4.69, 9.17) is 0 Å². The molecule has 0 aliphatic carbocycles. The van der Waals surface area contributed by atoms with E-state index in [1.165, 1.54) is 250 Å². The van der Waals surface area contributed by atoms with Crippen molar-refractivity contribution in [3.05, 3.63) is 0 Å². The molecule has 394 valence electrons. The van der Waals surface area contributed by atoms with E-state index >= 15 is 0 Å². The second-order valence-electron chi connectivity index (χ2n) is 18.2. The van der Waals surface area contributed by atoms with E-state index in [1.54, 1.807) is 0 Å². The summed E-state index contributed by atoms with van der Waals surface area (Å²) < 4.78 is 0. The van der Waals surface area contributed by atoms with E-state index < -0.39 is 17.9 Å². The zero-order chi connectivity index (χ0) is 44.7. The smallest absolute Gasteiger partial charge is 0.870 e. The van der Waals surface area contributed by atoms with Crippen LogP contribution >= 0.6 is 0 Å². The molecule has 0 spiro atoms. The maximum absolute atomic E-state index is 10.2. The quantitative estimate of drug-likeness (QED) is 0.0418. The summed E-state index contributed by atoms with van der Waals surface area (Å²) in [6.45, 7) is 6.80. The minimum absolute atomic E-state index is 0. The van der Waals surface area contributed by atoms with Crippen molar-refractivity contribution in [1.29, 1.82) is 0 Å². The van der Waals surface area contributed by atoms with Crippen molar-refractivity contribution < 1.29 is 80.3 Å². The monoisotopic (exact) mass is 1010 g/mol. The number of aliphatic carboxylic acids is 3. The Morgan fingerprint density at radius 1 is 0.215 bits per heavy atom. The summed E-state index contributed by atoms with van der Waals surface area (Å²) in [5.74, 6) is -2.71. The first-order valence-electron chi connectivity index (χ1n) is 26.9. The van der Waals surface area contributed by atoms with Crippen molar-refractivity contribution in [2.24, 2.45) is 0 Å². The van der Waals surface area contributed by atoms with Crippen molar-refractivity contribution in [2.75, 3.05) is 0 Å². The van der Waals surface area contributed by atoms with Crippen LogP contribution in [0.1, 0.15) is 329 Å². The fraction of sp³-hybridized carbons (Fsp3) is 0.944. The molecule has 9 nitrogen and oxygen atoms in total. The van der Waals surface area contributed by atoms with E-state index in [0.717, 1.165) is 38.5 Å². The van der Waals surface area contributed by atoms with Gasteiger partial charge in [-0.25, -0.2) is 0 Å². The number of carbonyl (C=O) groups excluding carboxylic acids is 3. The number of carboxylic acid groups (broad SMARTS) is 3. The first-order chi connectivity index (χ1) is 29.3. The molecule has 65 heavy (non-hydrogen) atoms. The molecule has 0 atom stereocenters. The van der Waals surface area contributed by atoms with E-state index in [0.29, 0.717) is 0 Å². The van der Waals surface area contributed by atoms with E-state index in [9.17, 15) is 29.7 Å². The Morgan fingerprint density at radius 3 is 0.400 bits per heavy atom. The van der Waals surface area contributed by atoms with Crippen molar-refractivity contribution in [1.82, 2.24) is 0 Å². The van der Waals surface area contributed by atoms with Crippen LogP contribution in [0.2, 0.25) is 0 Å². The molecule has 0 saturated carbocycles. The number of hydrogen-bond acceptors (Lipinski definition) is 9. The Hall–Kier alpha value is -0.671. The van der Waals surface area contributed by atoms with Gasteiger partial charge in [0.05, 0.1) is 0 Å². The van der Waals surface area contributed by atoms with Gasteiger partial charge in [0, 0.05) is 17.9 Å². The molecule has 11 heteroatoms. The van der Waals surface area contributed by atoms with Gasteiger partial charge in [-0.2, -0.15) is 0 Å². The van der Waals surface area contributed by atoms with Crippen LogP contribution in [0.15, 0.2) is 0 Å². The molecule has 0 saturated heterocycles. The first-order valence-corrected chi connectivity index (χ1v) is 26.9. The van der Waals surface area contributed by atoms with Gasteiger partial charge in [-0.05, 0) is 38.5 Å². The van der Waals surface area contributed by atoms with Crippen LogP contribution in [0, 0.1) is 0 Å². The van der Waals surface area contributed by atoms with Crippen LogP contribution in [0.3, 0.4) is 0 Å². The van der Waals surface area contributed by atoms with Crippen molar-refractivity contribution >= 4 is 17.9 Å². The molecule has 0 aromatic heterocycles. The Labute approximate surface area is 425 Å². The number of carboxylic acids is 3. The van der Waals surface area contributed by atoms with E-state index in [1.807, 2.05) is 0 Å². The zero-order valence-electron chi connectivity index (χ0n) is 42.9. The fourth-order valence-electron chi connectivity index (χ4n) is 7.92. The average molecular weight is 1010 g/mol. The van der Waals surface area contributed by atoms with Gasteiger partial charge < -0.3 is 46.1 Å².